The van der Waals surface area contributed by atoms with Crippen LogP contribution in [0, 0.1) is 11.6 Å². The molecule has 0 aromatic heterocycles. The van der Waals surface area contributed by atoms with Gasteiger partial charge in [0.15, 0.2) is 0 Å². The Bertz CT molecular complexity index is 384. The second-order valence-electron chi connectivity index (χ2n) is 3.79. The van der Waals surface area contributed by atoms with Crippen molar-refractivity contribution in [1.82, 2.24) is 5.43 Å². The molecule has 2 nitrogen and oxygen atoms in total. The van der Waals surface area contributed by atoms with E-state index in [1.165, 1.54) is 6.07 Å². The maximum absolute atomic E-state index is 13.7. The van der Waals surface area contributed by atoms with Crippen molar-refractivity contribution in [3.63, 3.8) is 0 Å². The van der Waals surface area contributed by atoms with Crippen LogP contribution in [0.25, 0.3) is 0 Å². The molecule has 0 amide bonds. The third kappa shape index (κ3) is 3.13. The number of hydrazine groups is 1. The number of nitrogens with one attached hydrogen (secondary N) is 1. The molecule has 1 aliphatic rings. The highest BCUT2D eigenvalue weighted by atomic mass is 32.2. The van der Waals surface area contributed by atoms with Gasteiger partial charge in [-0.25, -0.2) is 8.78 Å². The van der Waals surface area contributed by atoms with E-state index in [9.17, 15) is 8.78 Å². The Kier molecular flexibility index (Phi) is 4.67. The van der Waals surface area contributed by atoms with E-state index in [1.54, 1.807) is 11.8 Å². The Morgan fingerprint density at radius 2 is 2.18 bits per heavy atom. The van der Waals surface area contributed by atoms with Gasteiger partial charge in [0, 0.05) is 28.1 Å². The molecule has 1 aromatic carbocycles. The highest BCUT2D eigenvalue weighted by Crippen LogP contribution is 2.34. The zero-order valence-corrected chi connectivity index (χ0v) is 10.8. The summed E-state index contributed by atoms with van der Waals surface area (Å²) in [5, 5.41) is 0.176. The predicted octanol–water partition coefficient (Wildman–Crippen LogP) is 2.32. The summed E-state index contributed by atoms with van der Waals surface area (Å²) in [5.41, 5.74) is 2.93. The van der Waals surface area contributed by atoms with Crippen molar-refractivity contribution in [1.29, 1.82) is 0 Å². The van der Waals surface area contributed by atoms with Crippen molar-refractivity contribution in [2.75, 3.05) is 17.3 Å². The number of hydrogen-bond donors (Lipinski definition) is 2. The Morgan fingerprint density at radius 3 is 2.82 bits per heavy atom. The van der Waals surface area contributed by atoms with E-state index in [4.69, 9.17) is 5.84 Å². The van der Waals surface area contributed by atoms with Gasteiger partial charge in [0.25, 0.3) is 0 Å². The van der Waals surface area contributed by atoms with Gasteiger partial charge in [-0.3, -0.25) is 11.3 Å². The number of benzene rings is 1. The average Bonchev–Trinajstić information content (AvgIpc) is 2.36. The first-order chi connectivity index (χ1) is 8.22. The number of thioether (sulfide) groups is 2. The van der Waals surface area contributed by atoms with Crippen LogP contribution in [0.4, 0.5) is 8.78 Å². The van der Waals surface area contributed by atoms with Gasteiger partial charge in [-0.05, 0) is 18.2 Å². The highest BCUT2D eigenvalue weighted by molar-refractivity contribution is 8.06. The van der Waals surface area contributed by atoms with Gasteiger partial charge in [-0.2, -0.15) is 23.5 Å². The monoisotopic (exact) mass is 276 g/mol. The second-order valence-corrected chi connectivity index (χ2v) is 6.29. The van der Waals surface area contributed by atoms with Crippen LogP contribution in [-0.2, 0) is 0 Å². The van der Waals surface area contributed by atoms with E-state index in [2.05, 4.69) is 5.43 Å². The fraction of sp³-hybridized carbons (Fsp3) is 0.455. The molecule has 0 spiro atoms. The van der Waals surface area contributed by atoms with Gasteiger partial charge in [-0.1, -0.05) is 0 Å². The van der Waals surface area contributed by atoms with Crippen molar-refractivity contribution in [2.45, 2.75) is 11.3 Å². The summed E-state index contributed by atoms with van der Waals surface area (Å²) in [6.45, 7) is 0. The lowest BCUT2D eigenvalue weighted by Gasteiger charge is -2.29. The smallest absolute Gasteiger partial charge is 0.128 e. The third-order valence-electron chi connectivity index (χ3n) is 2.69. The van der Waals surface area contributed by atoms with Crippen molar-refractivity contribution >= 4 is 23.5 Å². The van der Waals surface area contributed by atoms with E-state index in [-0.39, 0.29) is 11.3 Å². The summed E-state index contributed by atoms with van der Waals surface area (Å²) in [6.07, 6.45) is 0. The van der Waals surface area contributed by atoms with Crippen molar-refractivity contribution in [3.8, 4) is 0 Å². The SMILES string of the molecule is NNC(c1cc(F)ccc1F)C1CSCCS1. The lowest BCUT2D eigenvalue weighted by molar-refractivity contribution is 0.503. The zero-order valence-electron chi connectivity index (χ0n) is 9.16. The van der Waals surface area contributed by atoms with Gasteiger partial charge < -0.3 is 0 Å². The molecule has 17 heavy (non-hydrogen) atoms. The topological polar surface area (TPSA) is 38.0 Å². The van der Waals surface area contributed by atoms with Gasteiger partial charge in [0.2, 0.25) is 0 Å². The molecule has 1 aliphatic heterocycles. The fourth-order valence-corrected chi connectivity index (χ4v) is 4.69. The maximum atomic E-state index is 13.7. The molecule has 3 N–H and O–H groups in total. The zero-order chi connectivity index (χ0) is 12.3. The number of hydrogen-bond acceptors (Lipinski definition) is 4. The largest absolute Gasteiger partial charge is 0.271 e. The van der Waals surface area contributed by atoms with Crippen LogP contribution in [0.3, 0.4) is 0 Å². The van der Waals surface area contributed by atoms with Crippen LogP contribution in [0.1, 0.15) is 11.6 Å². The van der Waals surface area contributed by atoms with E-state index in [1.807, 2.05) is 11.8 Å². The maximum Gasteiger partial charge on any atom is 0.128 e. The van der Waals surface area contributed by atoms with E-state index in [0.29, 0.717) is 5.56 Å². The summed E-state index contributed by atoms with van der Waals surface area (Å²) in [5.74, 6) is 7.66. The third-order valence-corrected chi connectivity index (χ3v) is 5.55. The fourth-order valence-electron chi connectivity index (χ4n) is 1.85. The van der Waals surface area contributed by atoms with E-state index >= 15 is 0 Å². The minimum absolute atomic E-state index is 0.176. The van der Waals surface area contributed by atoms with Crippen LogP contribution >= 0.6 is 23.5 Å². The summed E-state index contributed by atoms with van der Waals surface area (Å²) < 4.78 is 26.8. The molecule has 2 rings (SSSR count). The molecular formula is C11H14F2N2S2. The van der Waals surface area contributed by atoms with Crippen LogP contribution in [-0.4, -0.2) is 22.5 Å². The first-order valence-corrected chi connectivity index (χ1v) is 7.53. The van der Waals surface area contributed by atoms with Crippen LogP contribution in [0.5, 0.6) is 0 Å². The first-order valence-electron chi connectivity index (χ1n) is 5.33. The van der Waals surface area contributed by atoms with Gasteiger partial charge in [0.05, 0.1) is 6.04 Å². The second kappa shape index (κ2) is 6.04. The quantitative estimate of drug-likeness (QED) is 0.656. The molecule has 6 heteroatoms. The molecule has 2 atom stereocenters. The number of nitrogens with two attached hydrogens (primary N) is 1. The molecule has 1 aromatic rings. The van der Waals surface area contributed by atoms with Crippen molar-refractivity contribution in [3.05, 3.63) is 35.4 Å². The number of halogens is 2. The minimum atomic E-state index is -0.435. The van der Waals surface area contributed by atoms with Crippen molar-refractivity contribution < 1.29 is 8.78 Å². The molecular weight excluding hydrogens is 262 g/mol. The molecule has 2 unspecified atom stereocenters. The summed E-state index contributed by atoms with van der Waals surface area (Å²) in [4.78, 5) is 0. The normalized spacial score (nSPS) is 22.4. The van der Waals surface area contributed by atoms with Gasteiger partial charge in [-0.15, -0.1) is 0 Å². The standard InChI is InChI=1S/C11H14F2N2S2/c12-7-1-2-9(13)8(5-7)11(15-14)10-6-16-3-4-17-10/h1-2,5,10-11,15H,3-4,6,14H2. The van der Waals surface area contributed by atoms with Crippen LogP contribution in [0.15, 0.2) is 18.2 Å². The van der Waals surface area contributed by atoms with E-state index in [0.717, 1.165) is 29.4 Å². The summed E-state index contributed by atoms with van der Waals surface area (Å²) in [7, 11) is 0. The van der Waals surface area contributed by atoms with Crippen LogP contribution in [0.2, 0.25) is 0 Å². The molecule has 1 saturated heterocycles. The predicted molar refractivity (Wildman–Crippen MR) is 70.0 cm³/mol. The molecule has 0 saturated carbocycles. The van der Waals surface area contributed by atoms with Crippen molar-refractivity contribution in [2.24, 2.45) is 5.84 Å². The summed E-state index contributed by atoms with van der Waals surface area (Å²) in [6, 6.07) is 3.15. The Morgan fingerprint density at radius 1 is 1.35 bits per heavy atom. The minimum Gasteiger partial charge on any atom is -0.271 e. The van der Waals surface area contributed by atoms with E-state index < -0.39 is 11.6 Å². The molecule has 1 fully saturated rings. The summed E-state index contributed by atoms with van der Waals surface area (Å²) >= 11 is 3.57. The van der Waals surface area contributed by atoms with Gasteiger partial charge in [0.1, 0.15) is 11.6 Å². The van der Waals surface area contributed by atoms with Gasteiger partial charge >= 0.3 is 0 Å². The lowest BCUT2D eigenvalue weighted by atomic mass is 10.0. The Balaban J connectivity index is 2.24. The first kappa shape index (κ1) is 13.1. The average molecular weight is 276 g/mol. The molecule has 94 valence electrons. The van der Waals surface area contributed by atoms with Crippen LogP contribution < -0.4 is 11.3 Å². The molecule has 0 aliphatic carbocycles. The molecule has 0 radical (unpaired) electrons. The Hall–Kier alpha value is -0.300. The highest BCUT2D eigenvalue weighted by Gasteiger charge is 2.27. The lowest BCUT2D eigenvalue weighted by Crippen LogP contribution is -2.38. The molecule has 0 bridgehead atoms. The molecule has 1 heterocycles. The Labute approximate surface area is 108 Å². The number of rotatable bonds is 3.